The summed E-state index contributed by atoms with van der Waals surface area (Å²) in [7, 11) is 0. The molecule has 0 radical (unpaired) electrons. The van der Waals surface area contributed by atoms with E-state index in [1.165, 1.54) is 22.7 Å². The fourth-order valence-corrected chi connectivity index (χ4v) is 4.84. The van der Waals surface area contributed by atoms with Crippen LogP contribution in [-0.2, 0) is 28.3 Å². The summed E-state index contributed by atoms with van der Waals surface area (Å²) >= 11 is 7.53. The third-order valence-corrected chi connectivity index (χ3v) is 7.18. The van der Waals surface area contributed by atoms with Crippen LogP contribution >= 0.6 is 23.4 Å². The summed E-state index contributed by atoms with van der Waals surface area (Å²) in [5, 5.41) is 3.67. The Morgan fingerprint density at radius 2 is 1.69 bits per heavy atom. The minimum atomic E-state index is -0.778. The van der Waals surface area contributed by atoms with Crippen LogP contribution in [0, 0.1) is 5.82 Å². The number of thioether (sulfide) groups is 1. The lowest BCUT2D eigenvalue weighted by molar-refractivity contribution is -0.139. The molecule has 2 atom stereocenters. The summed E-state index contributed by atoms with van der Waals surface area (Å²) in [6.45, 7) is 3.93. The SMILES string of the molecule is CC[C@@H](C)NC(=O)[C@H](Cc1ccccc1)N(Cc1ccccc1F)C(=O)CSCc1cccc(Cl)c1. The summed E-state index contributed by atoms with van der Waals surface area (Å²) in [6, 6.07) is 22.7. The standard InChI is InChI=1S/C29H32ClFN2O2S/c1-3-21(2)32-29(35)27(17-22-10-5-4-6-11-22)33(18-24-13-7-8-15-26(24)31)28(34)20-36-19-23-12-9-14-25(30)16-23/h4-16,21,27H,3,17-20H2,1-2H3,(H,32,35)/t21-,27+/m1/s1. The van der Waals surface area contributed by atoms with Crippen molar-refractivity contribution in [2.45, 2.75) is 51.1 Å². The van der Waals surface area contributed by atoms with Crippen LogP contribution in [0.25, 0.3) is 0 Å². The lowest BCUT2D eigenvalue weighted by Crippen LogP contribution is -2.52. The smallest absolute Gasteiger partial charge is 0.243 e. The van der Waals surface area contributed by atoms with Crippen LogP contribution in [0.2, 0.25) is 5.02 Å². The molecule has 36 heavy (non-hydrogen) atoms. The van der Waals surface area contributed by atoms with Crippen molar-refractivity contribution in [3.63, 3.8) is 0 Å². The molecule has 0 bridgehead atoms. The second kappa shape index (κ2) is 14.0. The van der Waals surface area contributed by atoms with Crippen LogP contribution in [0.15, 0.2) is 78.9 Å². The van der Waals surface area contributed by atoms with Gasteiger partial charge in [-0.05, 0) is 42.7 Å². The van der Waals surface area contributed by atoms with E-state index in [0.29, 0.717) is 22.8 Å². The molecule has 190 valence electrons. The summed E-state index contributed by atoms with van der Waals surface area (Å²) in [5.41, 5.74) is 2.32. The van der Waals surface area contributed by atoms with E-state index in [2.05, 4.69) is 5.32 Å². The molecule has 0 fully saturated rings. The first-order chi connectivity index (χ1) is 17.4. The van der Waals surface area contributed by atoms with Crippen LogP contribution in [-0.4, -0.2) is 34.6 Å². The Kier molecular flexibility index (Phi) is 10.8. The highest BCUT2D eigenvalue weighted by Gasteiger charge is 2.31. The third-order valence-electron chi connectivity index (χ3n) is 5.95. The normalized spacial score (nSPS) is 12.6. The summed E-state index contributed by atoms with van der Waals surface area (Å²) in [5.74, 6) is -0.101. The Morgan fingerprint density at radius 1 is 1.00 bits per heavy atom. The zero-order valence-electron chi connectivity index (χ0n) is 20.6. The number of benzene rings is 3. The molecule has 3 aromatic carbocycles. The fraction of sp³-hybridized carbons (Fsp3) is 0.310. The number of rotatable bonds is 12. The second-order valence-corrected chi connectivity index (χ2v) is 10.2. The maximum absolute atomic E-state index is 14.6. The Morgan fingerprint density at radius 3 is 2.39 bits per heavy atom. The molecule has 0 saturated carbocycles. The molecule has 2 amide bonds. The molecule has 0 aliphatic rings. The largest absolute Gasteiger partial charge is 0.352 e. The average Bonchev–Trinajstić information content (AvgIpc) is 2.87. The Balaban J connectivity index is 1.86. The fourth-order valence-electron chi connectivity index (χ4n) is 3.77. The van der Waals surface area contributed by atoms with E-state index in [1.54, 1.807) is 24.3 Å². The first-order valence-corrected chi connectivity index (χ1v) is 13.6. The number of hydrogen-bond acceptors (Lipinski definition) is 3. The molecule has 0 unspecified atom stereocenters. The molecule has 0 spiro atoms. The minimum absolute atomic E-state index is 0.00859. The van der Waals surface area contributed by atoms with Gasteiger partial charge in [-0.1, -0.05) is 79.2 Å². The first-order valence-electron chi connectivity index (χ1n) is 12.1. The van der Waals surface area contributed by atoms with Crippen molar-refractivity contribution < 1.29 is 14.0 Å². The van der Waals surface area contributed by atoms with Crippen LogP contribution in [0.4, 0.5) is 4.39 Å². The van der Waals surface area contributed by atoms with Crippen molar-refractivity contribution >= 4 is 35.2 Å². The number of carbonyl (C=O) groups is 2. The lowest BCUT2D eigenvalue weighted by Gasteiger charge is -2.32. The number of carbonyl (C=O) groups excluding carboxylic acids is 2. The van der Waals surface area contributed by atoms with Crippen molar-refractivity contribution in [3.05, 3.63) is 106 Å². The number of nitrogens with zero attached hydrogens (tertiary/aromatic N) is 1. The third kappa shape index (κ3) is 8.38. The maximum atomic E-state index is 14.6. The van der Waals surface area contributed by atoms with E-state index >= 15 is 0 Å². The maximum Gasteiger partial charge on any atom is 0.243 e. The molecule has 3 rings (SSSR count). The van der Waals surface area contributed by atoms with Crippen molar-refractivity contribution in [2.75, 3.05) is 5.75 Å². The zero-order valence-corrected chi connectivity index (χ0v) is 22.2. The average molecular weight is 527 g/mol. The molecule has 7 heteroatoms. The van der Waals surface area contributed by atoms with Gasteiger partial charge in [0.1, 0.15) is 11.9 Å². The molecule has 3 aromatic rings. The van der Waals surface area contributed by atoms with Gasteiger partial charge in [-0.2, -0.15) is 0 Å². The highest BCUT2D eigenvalue weighted by Crippen LogP contribution is 2.21. The molecule has 0 heterocycles. The van der Waals surface area contributed by atoms with Crippen LogP contribution in [0.5, 0.6) is 0 Å². The van der Waals surface area contributed by atoms with Crippen molar-refractivity contribution in [1.29, 1.82) is 0 Å². The number of hydrogen-bond donors (Lipinski definition) is 1. The number of nitrogens with one attached hydrogen (secondary N) is 1. The summed E-state index contributed by atoms with van der Waals surface area (Å²) in [4.78, 5) is 28.6. The van der Waals surface area contributed by atoms with Crippen molar-refractivity contribution in [2.24, 2.45) is 0 Å². The van der Waals surface area contributed by atoms with Gasteiger partial charge in [0.25, 0.3) is 0 Å². The zero-order chi connectivity index (χ0) is 25.9. The monoisotopic (exact) mass is 526 g/mol. The van der Waals surface area contributed by atoms with Gasteiger partial charge in [0, 0.05) is 35.3 Å². The highest BCUT2D eigenvalue weighted by molar-refractivity contribution is 7.99. The Labute approximate surface area is 222 Å². The van der Waals surface area contributed by atoms with Gasteiger partial charge in [0.15, 0.2) is 0 Å². The van der Waals surface area contributed by atoms with E-state index in [-0.39, 0.29) is 30.2 Å². The molecule has 0 aromatic heterocycles. The molecule has 4 nitrogen and oxygen atoms in total. The van der Waals surface area contributed by atoms with Crippen molar-refractivity contribution in [1.82, 2.24) is 10.2 Å². The van der Waals surface area contributed by atoms with Gasteiger partial charge in [-0.25, -0.2) is 4.39 Å². The van der Waals surface area contributed by atoms with Gasteiger partial charge < -0.3 is 10.2 Å². The molecule has 1 N–H and O–H groups in total. The summed E-state index contributed by atoms with van der Waals surface area (Å²) in [6.07, 6.45) is 1.10. The number of amides is 2. The van der Waals surface area contributed by atoms with E-state index in [1.807, 2.05) is 62.4 Å². The predicted molar refractivity (Wildman–Crippen MR) is 146 cm³/mol. The number of halogens is 2. The van der Waals surface area contributed by atoms with E-state index < -0.39 is 11.9 Å². The highest BCUT2D eigenvalue weighted by atomic mass is 35.5. The Hall–Kier alpha value is -2.83. The van der Waals surface area contributed by atoms with Crippen molar-refractivity contribution in [3.8, 4) is 0 Å². The van der Waals surface area contributed by atoms with Crippen LogP contribution < -0.4 is 5.32 Å². The van der Waals surface area contributed by atoms with Gasteiger partial charge >= 0.3 is 0 Å². The first kappa shape index (κ1) is 27.8. The molecule has 0 aliphatic carbocycles. The van der Waals surface area contributed by atoms with E-state index in [0.717, 1.165) is 17.5 Å². The lowest BCUT2D eigenvalue weighted by atomic mass is 10.0. The molecule has 0 aliphatic heterocycles. The van der Waals surface area contributed by atoms with E-state index in [4.69, 9.17) is 11.6 Å². The molecular weight excluding hydrogens is 495 g/mol. The Bertz CT molecular complexity index is 1140. The van der Waals surface area contributed by atoms with Gasteiger partial charge in [-0.15, -0.1) is 11.8 Å². The predicted octanol–water partition coefficient (Wildman–Crippen LogP) is 6.27. The van der Waals surface area contributed by atoms with Gasteiger partial charge in [-0.3, -0.25) is 9.59 Å². The second-order valence-electron chi connectivity index (χ2n) is 8.76. The summed E-state index contributed by atoms with van der Waals surface area (Å²) < 4.78 is 14.6. The quantitative estimate of drug-likeness (QED) is 0.303. The van der Waals surface area contributed by atoms with Crippen LogP contribution in [0.3, 0.4) is 0 Å². The molecule has 0 saturated heterocycles. The molecular formula is C29H32ClFN2O2S. The minimum Gasteiger partial charge on any atom is -0.352 e. The van der Waals surface area contributed by atoms with Gasteiger partial charge in [0.05, 0.1) is 5.75 Å². The van der Waals surface area contributed by atoms with E-state index in [9.17, 15) is 14.0 Å². The topological polar surface area (TPSA) is 49.4 Å². The van der Waals surface area contributed by atoms with Gasteiger partial charge in [0.2, 0.25) is 11.8 Å². The van der Waals surface area contributed by atoms with Crippen LogP contribution in [0.1, 0.15) is 37.0 Å².